The maximum absolute atomic E-state index is 10.7. The lowest BCUT2D eigenvalue weighted by atomic mass is 9.93. The van der Waals surface area contributed by atoms with Crippen LogP contribution in [0.25, 0.3) is 22.3 Å². The second kappa shape index (κ2) is 10.8. The van der Waals surface area contributed by atoms with Gasteiger partial charge in [-0.2, -0.15) is 9.97 Å². The van der Waals surface area contributed by atoms with E-state index in [9.17, 15) is 20.4 Å². The molecule has 3 aliphatic heterocycles. The molecule has 10 nitrogen and oxygen atoms in total. The van der Waals surface area contributed by atoms with Crippen molar-refractivity contribution >= 4 is 22.8 Å². The van der Waals surface area contributed by atoms with Crippen molar-refractivity contribution in [3.63, 3.8) is 0 Å². The van der Waals surface area contributed by atoms with Gasteiger partial charge in [-0.25, -0.2) is 0 Å². The van der Waals surface area contributed by atoms with E-state index >= 15 is 0 Å². The molecule has 1 aromatic carbocycles. The molecule has 0 spiro atoms. The Kier molecular flexibility index (Phi) is 7.24. The minimum Gasteiger partial charge on any atom is -0.394 e. The highest BCUT2D eigenvalue weighted by atomic mass is 16.5. The summed E-state index contributed by atoms with van der Waals surface area (Å²) in [6.45, 7) is 3.87. The Bertz CT molecular complexity index is 1240. The van der Waals surface area contributed by atoms with Gasteiger partial charge >= 0.3 is 0 Å². The fraction of sp³-hybridized carbons (Fsp3) is 0.571. The molecule has 2 aromatic heterocycles. The Morgan fingerprint density at radius 2 is 1.47 bits per heavy atom. The van der Waals surface area contributed by atoms with Gasteiger partial charge in [0.15, 0.2) is 0 Å². The summed E-state index contributed by atoms with van der Waals surface area (Å²) in [6, 6.07) is 12.3. The summed E-state index contributed by atoms with van der Waals surface area (Å²) in [5, 5.41) is 41.8. The van der Waals surface area contributed by atoms with E-state index in [0.717, 1.165) is 85.9 Å². The van der Waals surface area contributed by atoms with Gasteiger partial charge in [-0.1, -0.05) is 30.3 Å². The zero-order valence-corrected chi connectivity index (χ0v) is 21.6. The molecule has 0 amide bonds. The summed E-state index contributed by atoms with van der Waals surface area (Å²) in [5.74, 6) is 1.72. The van der Waals surface area contributed by atoms with E-state index in [2.05, 4.69) is 32.6 Å². The van der Waals surface area contributed by atoms with Crippen molar-refractivity contribution < 1.29 is 25.2 Å². The largest absolute Gasteiger partial charge is 0.394 e. The molecule has 0 radical (unpaired) electrons. The van der Waals surface area contributed by atoms with Crippen LogP contribution in [-0.2, 0) is 11.3 Å². The highest BCUT2D eigenvalue weighted by Crippen LogP contribution is 2.36. The molecule has 5 heterocycles. The van der Waals surface area contributed by atoms with Crippen molar-refractivity contribution in [2.75, 3.05) is 42.6 Å². The zero-order chi connectivity index (χ0) is 26.2. The number of ether oxygens (including phenoxy) is 1. The van der Waals surface area contributed by atoms with Crippen LogP contribution in [0.15, 0.2) is 36.4 Å². The number of hydrogen-bond acceptors (Lipinski definition) is 9. The number of aliphatic hydroxyl groups is 4. The summed E-state index contributed by atoms with van der Waals surface area (Å²) in [5.41, 5.74) is 2.89. The number of aliphatic hydroxyl groups excluding tert-OH is 4. The highest BCUT2D eigenvalue weighted by Gasteiger charge is 2.43. The molecular weight excluding hydrogens is 486 g/mol. The van der Waals surface area contributed by atoms with Gasteiger partial charge < -0.3 is 39.5 Å². The van der Waals surface area contributed by atoms with Gasteiger partial charge in [-0.15, -0.1) is 0 Å². The lowest BCUT2D eigenvalue weighted by Crippen LogP contribution is -2.58. The van der Waals surface area contributed by atoms with Crippen LogP contribution < -0.4 is 9.80 Å². The Labute approximate surface area is 222 Å². The number of fused-ring (bicyclic) bond motifs is 1. The maximum atomic E-state index is 10.7. The van der Waals surface area contributed by atoms with Gasteiger partial charge in [0, 0.05) is 32.7 Å². The first kappa shape index (κ1) is 25.5. The van der Waals surface area contributed by atoms with Crippen LogP contribution in [0.5, 0.6) is 0 Å². The number of hydrogen-bond donors (Lipinski definition) is 4. The molecular formula is C28H37N5O5. The lowest BCUT2D eigenvalue weighted by molar-refractivity contribution is -0.230. The summed E-state index contributed by atoms with van der Waals surface area (Å²) in [6.07, 6.45) is -0.742. The van der Waals surface area contributed by atoms with Crippen LogP contribution in [0.2, 0.25) is 0 Å². The second-order valence-electron chi connectivity index (χ2n) is 10.7. The predicted octanol–water partition coefficient (Wildman–Crippen LogP) is 1.53. The third-order valence-electron chi connectivity index (χ3n) is 8.21. The molecule has 0 aliphatic carbocycles. The average molecular weight is 524 g/mol. The minimum absolute atomic E-state index is 0.368. The average Bonchev–Trinajstić information content (AvgIpc) is 3.73. The quantitative estimate of drug-likeness (QED) is 0.365. The first-order valence-electron chi connectivity index (χ1n) is 13.8. The van der Waals surface area contributed by atoms with Gasteiger partial charge in [0.05, 0.1) is 23.8 Å². The number of anilines is 2. The van der Waals surface area contributed by atoms with Crippen molar-refractivity contribution in [1.29, 1.82) is 0 Å². The highest BCUT2D eigenvalue weighted by molar-refractivity contribution is 5.94. The van der Waals surface area contributed by atoms with E-state index < -0.39 is 37.1 Å². The van der Waals surface area contributed by atoms with E-state index in [-0.39, 0.29) is 0 Å². The van der Waals surface area contributed by atoms with E-state index in [1.54, 1.807) is 0 Å². The van der Waals surface area contributed by atoms with Gasteiger partial charge in [-0.05, 0) is 43.7 Å². The summed E-state index contributed by atoms with van der Waals surface area (Å²) < 4.78 is 7.98. The van der Waals surface area contributed by atoms with E-state index in [4.69, 9.17) is 14.7 Å². The first-order valence-corrected chi connectivity index (χ1v) is 13.8. The smallest absolute Gasteiger partial charge is 0.229 e. The molecule has 0 bridgehead atoms. The zero-order valence-electron chi connectivity index (χ0n) is 21.6. The topological polar surface area (TPSA) is 127 Å². The second-order valence-corrected chi connectivity index (χ2v) is 10.7. The molecule has 5 atom stereocenters. The number of nitrogens with zero attached hydrogens (tertiary/aromatic N) is 5. The summed E-state index contributed by atoms with van der Waals surface area (Å²) in [7, 11) is 0. The summed E-state index contributed by atoms with van der Waals surface area (Å²) in [4.78, 5) is 14.8. The molecule has 10 heteroatoms. The minimum atomic E-state index is -1.38. The van der Waals surface area contributed by atoms with Crippen LogP contribution in [0.3, 0.4) is 0 Å². The van der Waals surface area contributed by atoms with Crippen LogP contribution in [0.1, 0.15) is 32.1 Å². The van der Waals surface area contributed by atoms with E-state index in [1.807, 2.05) is 18.2 Å². The predicted molar refractivity (Wildman–Crippen MR) is 144 cm³/mol. The van der Waals surface area contributed by atoms with Crippen molar-refractivity contribution in [2.24, 2.45) is 0 Å². The van der Waals surface area contributed by atoms with Gasteiger partial charge in [0.25, 0.3) is 0 Å². The van der Waals surface area contributed by atoms with E-state index in [1.165, 1.54) is 0 Å². The van der Waals surface area contributed by atoms with Crippen LogP contribution in [-0.4, -0.2) is 98.3 Å². The maximum Gasteiger partial charge on any atom is 0.229 e. The lowest BCUT2D eigenvalue weighted by Gasteiger charge is -2.40. The normalized spacial score (nSPS) is 28.1. The van der Waals surface area contributed by atoms with E-state index in [0.29, 0.717) is 13.0 Å². The van der Waals surface area contributed by atoms with Crippen molar-refractivity contribution in [3.8, 4) is 11.3 Å². The molecule has 1 unspecified atom stereocenters. The first-order chi connectivity index (χ1) is 18.5. The molecule has 3 aromatic rings. The fourth-order valence-electron chi connectivity index (χ4n) is 6.08. The fourth-order valence-corrected chi connectivity index (χ4v) is 6.08. The molecule has 3 aliphatic rings. The Hall–Kier alpha value is -2.76. The molecule has 4 N–H and O–H groups in total. The van der Waals surface area contributed by atoms with Crippen molar-refractivity contribution in [1.82, 2.24) is 14.5 Å². The molecule has 204 valence electrons. The molecule has 3 saturated heterocycles. The Morgan fingerprint density at radius 3 is 2.16 bits per heavy atom. The SMILES string of the molecule is OC[C@@H]1OC(CCn2c(-c3ccccc3)cc3c(N4CCCC4)nc(N4CCCC4)nc32)[C@@H](O)[C@H](O)[C@H]1O. The number of benzene rings is 1. The van der Waals surface area contributed by atoms with Crippen molar-refractivity contribution in [3.05, 3.63) is 36.4 Å². The van der Waals surface area contributed by atoms with Gasteiger partial charge in [0.1, 0.15) is 35.9 Å². The Balaban J connectivity index is 1.43. The number of aromatic nitrogens is 3. The number of rotatable bonds is 7. The number of aryl methyl sites for hydroxylation is 1. The Morgan fingerprint density at radius 1 is 0.816 bits per heavy atom. The van der Waals surface area contributed by atoms with Gasteiger partial charge in [-0.3, -0.25) is 0 Å². The van der Waals surface area contributed by atoms with Gasteiger partial charge in [0.2, 0.25) is 5.95 Å². The monoisotopic (exact) mass is 523 g/mol. The molecule has 3 fully saturated rings. The third kappa shape index (κ3) is 4.65. The molecule has 0 saturated carbocycles. The van der Waals surface area contributed by atoms with Crippen LogP contribution in [0.4, 0.5) is 11.8 Å². The summed E-state index contributed by atoms with van der Waals surface area (Å²) >= 11 is 0. The van der Waals surface area contributed by atoms with Crippen LogP contribution in [0, 0.1) is 0 Å². The molecule has 6 rings (SSSR count). The van der Waals surface area contributed by atoms with Crippen LogP contribution >= 0.6 is 0 Å². The van der Waals surface area contributed by atoms with Crippen molar-refractivity contribution in [2.45, 2.75) is 69.2 Å². The molecule has 38 heavy (non-hydrogen) atoms. The standard InChI is InChI=1S/C28H37N5O5/c34-17-22-24(36)25(37)23(35)21(38-22)10-15-33-20(18-8-2-1-3-9-18)16-19-26(31-11-4-5-12-31)29-28(30-27(19)33)32-13-6-7-14-32/h1-3,8-9,16,21-25,34-37H,4-7,10-15,17H2/t21?,22-,23+,24-,25-/m0/s1. The third-order valence-corrected chi connectivity index (χ3v) is 8.21.